The SMILES string of the molecule is Cl.NCc1ccc(NC(=O)C2CCCOC2)cc1. The van der Waals surface area contributed by atoms with Gasteiger partial charge < -0.3 is 15.8 Å². The molecule has 0 saturated carbocycles. The standard InChI is InChI=1S/C13H18N2O2.ClH/c14-8-10-3-5-12(6-4-10)15-13(16)11-2-1-7-17-9-11;/h3-6,11H,1-2,7-9,14H2,(H,15,16);1H. The molecule has 1 fully saturated rings. The molecule has 1 aromatic carbocycles. The second-order valence-corrected chi connectivity index (χ2v) is 4.30. The average molecular weight is 271 g/mol. The van der Waals surface area contributed by atoms with E-state index in [0.717, 1.165) is 30.7 Å². The summed E-state index contributed by atoms with van der Waals surface area (Å²) in [5.74, 6) is 0.0307. The highest BCUT2D eigenvalue weighted by atomic mass is 35.5. The first-order valence-electron chi connectivity index (χ1n) is 5.97. The number of carbonyl (C=O) groups is 1. The van der Waals surface area contributed by atoms with Gasteiger partial charge in [0.2, 0.25) is 5.91 Å². The predicted molar refractivity (Wildman–Crippen MR) is 73.8 cm³/mol. The van der Waals surface area contributed by atoms with Gasteiger partial charge in [-0.15, -0.1) is 12.4 Å². The minimum atomic E-state index is -0.0158. The Morgan fingerprint density at radius 3 is 2.67 bits per heavy atom. The van der Waals surface area contributed by atoms with Crippen LogP contribution in [0.15, 0.2) is 24.3 Å². The second kappa shape index (κ2) is 7.36. The molecule has 1 saturated heterocycles. The summed E-state index contributed by atoms with van der Waals surface area (Å²) >= 11 is 0. The summed E-state index contributed by atoms with van der Waals surface area (Å²) in [5.41, 5.74) is 7.39. The van der Waals surface area contributed by atoms with Crippen molar-refractivity contribution in [1.82, 2.24) is 0 Å². The monoisotopic (exact) mass is 270 g/mol. The van der Waals surface area contributed by atoms with Gasteiger partial charge in [0, 0.05) is 18.8 Å². The van der Waals surface area contributed by atoms with Crippen molar-refractivity contribution in [1.29, 1.82) is 0 Å². The fourth-order valence-corrected chi connectivity index (χ4v) is 1.92. The molecule has 3 N–H and O–H groups in total. The zero-order valence-corrected chi connectivity index (χ0v) is 11.0. The molecule has 0 spiro atoms. The fraction of sp³-hybridized carbons (Fsp3) is 0.462. The third-order valence-corrected chi connectivity index (χ3v) is 2.99. The number of rotatable bonds is 3. The van der Waals surface area contributed by atoms with Crippen molar-refractivity contribution >= 4 is 24.0 Å². The number of halogens is 1. The summed E-state index contributed by atoms with van der Waals surface area (Å²) in [4.78, 5) is 11.9. The van der Waals surface area contributed by atoms with E-state index < -0.39 is 0 Å². The molecule has 1 aliphatic rings. The molecule has 0 aliphatic carbocycles. The lowest BCUT2D eigenvalue weighted by atomic mass is 10.0. The number of ether oxygens (including phenoxy) is 1. The van der Waals surface area contributed by atoms with E-state index >= 15 is 0 Å². The van der Waals surface area contributed by atoms with Crippen LogP contribution in [0.5, 0.6) is 0 Å². The number of nitrogens with one attached hydrogen (secondary N) is 1. The van der Waals surface area contributed by atoms with Crippen LogP contribution in [0.2, 0.25) is 0 Å². The molecule has 0 bridgehead atoms. The first kappa shape index (κ1) is 15.0. The Labute approximate surface area is 113 Å². The van der Waals surface area contributed by atoms with Crippen LogP contribution in [0.3, 0.4) is 0 Å². The van der Waals surface area contributed by atoms with Crippen molar-refractivity contribution in [2.45, 2.75) is 19.4 Å². The van der Waals surface area contributed by atoms with E-state index in [1.54, 1.807) is 0 Å². The zero-order chi connectivity index (χ0) is 12.1. The van der Waals surface area contributed by atoms with E-state index in [4.69, 9.17) is 10.5 Å². The Kier molecular flexibility index (Phi) is 6.12. The summed E-state index contributed by atoms with van der Waals surface area (Å²) < 4.78 is 5.30. The smallest absolute Gasteiger partial charge is 0.229 e. The molecule has 1 aliphatic heterocycles. The molecule has 0 aromatic heterocycles. The quantitative estimate of drug-likeness (QED) is 0.882. The molecule has 100 valence electrons. The molecule has 1 aromatic rings. The van der Waals surface area contributed by atoms with Gasteiger partial charge in [0.1, 0.15) is 0 Å². The van der Waals surface area contributed by atoms with Crippen molar-refractivity contribution in [3.05, 3.63) is 29.8 Å². The van der Waals surface area contributed by atoms with Crippen LogP contribution < -0.4 is 11.1 Å². The number of anilines is 1. The number of carbonyl (C=O) groups excluding carboxylic acids is 1. The van der Waals surface area contributed by atoms with Crippen molar-refractivity contribution < 1.29 is 9.53 Å². The summed E-state index contributed by atoms with van der Waals surface area (Å²) in [6.07, 6.45) is 1.87. The molecule has 1 unspecified atom stereocenters. The highest BCUT2D eigenvalue weighted by Gasteiger charge is 2.21. The third kappa shape index (κ3) is 3.98. The van der Waals surface area contributed by atoms with Crippen molar-refractivity contribution in [2.75, 3.05) is 18.5 Å². The number of hydrogen-bond acceptors (Lipinski definition) is 3. The molecule has 2 rings (SSSR count). The van der Waals surface area contributed by atoms with E-state index in [2.05, 4.69) is 5.32 Å². The molecule has 5 heteroatoms. The maximum Gasteiger partial charge on any atom is 0.229 e. The zero-order valence-electron chi connectivity index (χ0n) is 10.2. The lowest BCUT2D eigenvalue weighted by Gasteiger charge is -2.21. The second-order valence-electron chi connectivity index (χ2n) is 4.30. The number of benzene rings is 1. The molecule has 4 nitrogen and oxygen atoms in total. The normalized spacial score (nSPS) is 18.8. The van der Waals surface area contributed by atoms with Crippen molar-refractivity contribution in [3.8, 4) is 0 Å². The van der Waals surface area contributed by atoms with E-state index in [1.807, 2.05) is 24.3 Å². The highest BCUT2D eigenvalue weighted by Crippen LogP contribution is 2.16. The van der Waals surface area contributed by atoms with Gasteiger partial charge in [0.15, 0.2) is 0 Å². The van der Waals surface area contributed by atoms with Gasteiger partial charge in [-0.05, 0) is 30.5 Å². The summed E-state index contributed by atoms with van der Waals surface area (Å²) in [5, 5.41) is 2.90. The van der Waals surface area contributed by atoms with Gasteiger partial charge in [0.25, 0.3) is 0 Å². The van der Waals surface area contributed by atoms with Crippen molar-refractivity contribution in [3.63, 3.8) is 0 Å². The minimum Gasteiger partial charge on any atom is -0.381 e. The average Bonchev–Trinajstić information content (AvgIpc) is 2.40. The Morgan fingerprint density at radius 1 is 1.39 bits per heavy atom. The van der Waals surface area contributed by atoms with Gasteiger partial charge in [0.05, 0.1) is 12.5 Å². The number of nitrogens with two attached hydrogens (primary N) is 1. The van der Waals surface area contributed by atoms with Gasteiger partial charge in [-0.3, -0.25) is 4.79 Å². The van der Waals surface area contributed by atoms with Crippen LogP contribution >= 0.6 is 12.4 Å². The fourth-order valence-electron chi connectivity index (χ4n) is 1.92. The lowest BCUT2D eigenvalue weighted by molar-refractivity contribution is -0.123. The molecule has 18 heavy (non-hydrogen) atoms. The molecule has 1 heterocycles. The number of hydrogen-bond donors (Lipinski definition) is 2. The largest absolute Gasteiger partial charge is 0.381 e. The van der Waals surface area contributed by atoms with Crippen LogP contribution in [0.25, 0.3) is 0 Å². The molecule has 1 atom stereocenters. The number of amides is 1. The Morgan fingerprint density at radius 2 is 2.11 bits per heavy atom. The first-order chi connectivity index (χ1) is 8.29. The van der Waals surface area contributed by atoms with Crippen LogP contribution in [0, 0.1) is 5.92 Å². The topological polar surface area (TPSA) is 64.3 Å². The van der Waals surface area contributed by atoms with Gasteiger partial charge in [-0.2, -0.15) is 0 Å². The van der Waals surface area contributed by atoms with Crippen molar-refractivity contribution in [2.24, 2.45) is 11.7 Å². The van der Waals surface area contributed by atoms with Crippen LogP contribution in [0.1, 0.15) is 18.4 Å². The maximum atomic E-state index is 11.9. The maximum absolute atomic E-state index is 11.9. The molecule has 0 radical (unpaired) electrons. The van der Waals surface area contributed by atoms with Crippen LogP contribution in [-0.4, -0.2) is 19.1 Å². The molecular weight excluding hydrogens is 252 g/mol. The van der Waals surface area contributed by atoms with E-state index in [-0.39, 0.29) is 24.2 Å². The van der Waals surface area contributed by atoms with Gasteiger partial charge in [-0.25, -0.2) is 0 Å². The Balaban J connectivity index is 0.00000162. The van der Waals surface area contributed by atoms with E-state index in [9.17, 15) is 4.79 Å². The van der Waals surface area contributed by atoms with E-state index in [1.165, 1.54) is 0 Å². The Bertz CT molecular complexity index is 375. The first-order valence-corrected chi connectivity index (χ1v) is 5.97. The van der Waals surface area contributed by atoms with Crippen LogP contribution in [-0.2, 0) is 16.1 Å². The van der Waals surface area contributed by atoms with Crippen LogP contribution in [0.4, 0.5) is 5.69 Å². The predicted octanol–water partition coefficient (Wildman–Crippen LogP) is 1.93. The summed E-state index contributed by atoms with van der Waals surface area (Å²) in [7, 11) is 0. The lowest BCUT2D eigenvalue weighted by Crippen LogP contribution is -2.30. The summed E-state index contributed by atoms with van der Waals surface area (Å²) in [6, 6.07) is 7.60. The Hall–Kier alpha value is -1.10. The molecule has 1 amide bonds. The third-order valence-electron chi connectivity index (χ3n) is 2.99. The van der Waals surface area contributed by atoms with E-state index in [0.29, 0.717) is 13.2 Å². The highest BCUT2D eigenvalue weighted by molar-refractivity contribution is 5.92. The van der Waals surface area contributed by atoms with Gasteiger partial charge in [-0.1, -0.05) is 12.1 Å². The summed E-state index contributed by atoms with van der Waals surface area (Å²) in [6.45, 7) is 1.83. The van der Waals surface area contributed by atoms with Gasteiger partial charge >= 0.3 is 0 Å². The minimum absolute atomic E-state index is 0. The molecular formula is C13H19ClN2O2.